The van der Waals surface area contributed by atoms with Crippen molar-refractivity contribution in [3.63, 3.8) is 0 Å². The number of nitrogens with zero attached hydrogens (tertiary/aromatic N) is 6. The maximum Gasteiger partial charge on any atom is 0.421 e. The standard InChI is InChI=1S/C19H27N6O3/c1-6-9-23-15-16(22(5)19(28)24(17(15)27)11-12(4)26)20-18(23)25-14(8-3)10-13(7-2)21-25/h10,15H,6-9,11H2,1-5H3/q+1. The first kappa shape index (κ1) is 19.9. The van der Waals surface area contributed by atoms with Gasteiger partial charge >= 0.3 is 12.0 Å². The minimum atomic E-state index is -0.726. The normalized spacial score (nSPS) is 19.5. The molecule has 1 aromatic heterocycles. The van der Waals surface area contributed by atoms with E-state index in [1.807, 2.05) is 31.4 Å². The molecule has 0 spiro atoms. The molecular formula is C19H27N6O3+. The molecule has 28 heavy (non-hydrogen) atoms. The Morgan fingerprint density at radius 3 is 2.50 bits per heavy atom. The topological polar surface area (TPSA) is 90.9 Å². The van der Waals surface area contributed by atoms with Crippen molar-refractivity contribution in [3.8, 4) is 0 Å². The summed E-state index contributed by atoms with van der Waals surface area (Å²) in [5.74, 6) is 0.277. The number of Topliss-reactive ketones (excluding diaryl/α,β-unsaturated/α-hetero) is 1. The molecular weight excluding hydrogens is 360 g/mol. The second kappa shape index (κ2) is 7.65. The Kier molecular flexibility index (Phi) is 5.44. The molecule has 1 fully saturated rings. The number of amidine groups is 1. The van der Waals surface area contributed by atoms with Crippen LogP contribution in [0.15, 0.2) is 11.1 Å². The number of carbonyl (C=O) groups is 3. The Bertz CT molecular complexity index is 897. The second-order valence-corrected chi connectivity index (χ2v) is 7.08. The summed E-state index contributed by atoms with van der Waals surface area (Å²) >= 11 is 0. The van der Waals surface area contributed by atoms with Crippen molar-refractivity contribution in [1.82, 2.24) is 19.6 Å². The van der Waals surface area contributed by atoms with Gasteiger partial charge < -0.3 is 0 Å². The van der Waals surface area contributed by atoms with Crippen LogP contribution in [-0.4, -0.2) is 79.9 Å². The molecule has 9 heteroatoms. The van der Waals surface area contributed by atoms with Crippen LogP contribution < -0.4 is 0 Å². The summed E-state index contributed by atoms with van der Waals surface area (Å²) in [6, 6.07) is 0.784. The second-order valence-electron chi connectivity index (χ2n) is 7.08. The SMILES string of the molecule is CCC[N+]1=C(n2nc(CC)cc2CC)N=C2C1C(=O)N(CC(C)=O)C(=O)N2C. The number of aromatic nitrogens is 2. The van der Waals surface area contributed by atoms with E-state index in [2.05, 4.69) is 10.1 Å². The van der Waals surface area contributed by atoms with Gasteiger partial charge in [-0.2, -0.15) is 0 Å². The lowest BCUT2D eigenvalue weighted by molar-refractivity contribution is -0.537. The minimum Gasteiger partial charge on any atom is -0.298 e. The van der Waals surface area contributed by atoms with E-state index in [0.717, 1.165) is 35.6 Å². The molecule has 150 valence electrons. The Balaban J connectivity index is 2.14. The number of imide groups is 1. The average molecular weight is 387 g/mol. The molecule has 1 unspecified atom stereocenters. The van der Waals surface area contributed by atoms with Gasteiger partial charge in [0.1, 0.15) is 11.5 Å². The lowest BCUT2D eigenvalue weighted by Gasteiger charge is -2.33. The van der Waals surface area contributed by atoms with Gasteiger partial charge in [0.25, 0.3) is 5.91 Å². The maximum atomic E-state index is 13.1. The molecule has 3 amide bonds. The van der Waals surface area contributed by atoms with E-state index in [0.29, 0.717) is 18.3 Å². The smallest absolute Gasteiger partial charge is 0.298 e. The fourth-order valence-electron chi connectivity index (χ4n) is 3.59. The Labute approximate surface area is 164 Å². The van der Waals surface area contributed by atoms with Gasteiger partial charge in [0.15, 0.2) is 0 Å². The molecule has 3 heterocycles. The van der Waals surface area contributed by atoms with Crippen LogP contribution in [0, 0.1) is 0 Å². The number of fused-ring (bicyclic) bond motifs is 1. The molecule has 1 atom stereocenters. The quantitative estimate of drug-likeness (QED) is 0.678. The molecule has 1 saturated heterocycles. The van der Waals surface area contributed by atoms with Crippen molar-refractivity contribution in [3.05, 3.63) is 17.5 Å². The Morgan fingerprint density at radius 1 is 1.21 bits per heavy atom. The van der Waals surface area contributed by atoms with Gasteiger partial charge in [-0.15, -0.1) is 9.78 Å². The number of amides is 3. The van der Waals surface area contributed by atoms with Gasteiger partial charge in [0.05, 0.1) is 18.8 Å². The van der Waals surface area contributed by atoms with Gasteiger partial charge in [0.2, 0.25) is 11.9 Å². The highest BCUT2D eigenvalue weighted by atomic mass is 16.2. The molecule has 0 N–H and O–H groups in total. The van der Waals surface area contributed by atoms with Gasteiger partial charge in [-0.1, -0.05) is 25.8 Å². The van der Waals surface area contributed by atoms with E-state index < -0.39 is 18.0 Å². The predicted molar refractivity (Wildman–Crippen MR) is 104 cm³/mol. The van der Waals surface area contributed by atoms with Gasteiger partial charge in [0, 0.05) is 13.5 Å². The predicted octanol–water partition coefficient (Wildman–Crippen LogP) is 0.898. The molecule has 0 saturated carbocycles. The van der Waals surface area contributed by atoms with Crippen molar-refractivity contribution < 1.29 is 19.0 Å². The summed E-state index contributed by atoms with van der Waals surface area (Å²) in [6.07, 6.45) is 2.36. The van der Waals surface area contributed by atoms with E-state index >= 15 is 0 Å². The first-order valence-corrected chi connectivity index (χ1v) is 9.72. The summed E-state index contributed by atoms with van der Waals surface area (Å²) < 4.78 is 3.67. The molecule has 3 rings (SSSR count). The third-order valence-corrected chi connectivity index (χ3v) is 4.98. The number of hydrogen-bond donors (Lipinski definition) is 0. The van der Waals surface area contributed by atoms with E-state index in [-0.39, 0.29) is 12.3 Å². The highest BCUT2D eigenvalue weighted by molar-refractivity contribution is 6.23. The average Bonchev–Trinajstić information content (AvgIpc) is 3.25. The third-order valence-electron chi connectivity index (χ3n) is 4.98. The van der Waals surface area contributed by atoms with Crippen LogP contribution in [0.3, 0.4) is 0 Å². The van der Waals surface area contributed by atoms with Crippen molar-refractivity contribution in [2.45, 2.75) is 53.0 Å². The first-order chi connectivity index (χ1) is 13.3. The van der Waals surface area contributed by atoms with Gasteiger partial charge in [-0.25, -0.2) is 9.37 Å². The van der Waals surface area contributed by atoms with Crippen LogP contribution in [0.1, 0.15) is 45.5 Å². The number of aryl methyl sites for hydroxylation is 2. The molecule has 0 radical (unpaired) electrons. The van der Waals surface area contributed by atoms with E-state index in [9.17, 15) is 14.4 Å². The van der Waals surface area contributed by atoms with Crippen LogP contribution in [-0.2, 0) is 22.4 Å². The van der Waals surface area contributed by atoms with Gasteiger partial charge in [-0.3, -0.25) is 19.4 Å². The van der Waals surface area contributed by atoms with Crippen LogP contribution in [0.2, 0.25) is 0 Å². The number of ketones is 1. The van der Waals surface area contributed by atoms with E-state index in [1.54, 1.807) is 11.7 Å². The van der Waals surface area contributed by atoms with Crippen molar-refractivity contribution in [2.24, 2.45) is 4.99 Å². The molecule has 9 nitrogen and oxygen atoms in total. The molecule has 0 aromatic carbocycles. The van der Waals surface area contributed by atoms with Crippen LogP contribution >= 0.6 is 0 Å². The van der Waals surface area contributed by atoms with Crippen molar-refractivity contribution >= 4 is 29.5 Å². The summed E-state index contributed by atoms with van der Waals surface area (Å²) in [7, 11) is 1.59. The number of likely N-dealkylation sites (N-methyl/N-ethyl adjacent to an activating group) is 1. The monoisotopic (exact) mass is 387 g/mol. The number of carbonyl (C=O) groups excluding carboxylic acids is 3. The maximum absolute atomic E-state index is 13.1. The highest BCUT2D eigenvalue weighted by Gasteiger charge is 2.53. The summed E-state index contributed by atoms with van der Waals surface area (Å²) in [6.45, 7) is 7.82. The van der Waals surface area contributed by atoms with Crippen LogP contribution in [0.25, 0.3) is 0 Å². The van der Waals surface area contributed by atoms with Crippen molar-refractivity contribution in [1.29, 1.82) is 0 Å². The molecule has 0 aliphatic carbocycles. The third kappa shape index (κ3) is 3.14. The van der Waals surface area contributed by atoms with E-state index in [1.165, 1.54) is 11.8 Å². The number of aliphatic imine (C=N–C) groups is 1. The molecule has 2 aliphatic heterocycles. The summed E-state index contributed by atoms with van der Waals surface area (Å²) in [5.41, 5.74) is 1.95. The molecule has 1 aromatic rings. The Hall–Kier alpha value is -2.84. The summed E-state index contributed by atoms with van der Waals surface area (Å²) in [5, 5.41) is 4.66. The van der Waals surface area contributed by atoms with Crippen LogP contribution in [0.4, 0.5) is 4.79 Å². The zero-order valence-electron chi connectivity index (χ0n) is 17.1. The number of rotatable bonds is 6. The zero-order chi connectivity index (χ0) is 20.6. The first-order valence-electron chi connectivity index (χ1n) is 9.72. The fourth-order valence-corrected chi connectivity index (χ4v) is 3.59. The van der Waals surface area contributed by atoms with Gasteiger partial charge in [-0.05, 0) is 25.8 Å². The van der Waals surface area contributed by atoms with Crippen LogP contribution in [0.5, 0.6) is 0 Å². The molecule has 2 aliphatic rings. The largest absolute Gasteiger partial charge is 0.421 e. The number of hydrogen-bond acceptors (Lipinski definition) is 5. The van der Waals surface area contributed by atoms with E-state index in [4.69, 9.17) is 0 Å². The lowest BCUT2D eigenvalue weighted by atomic mass is 10.1. The molecule has 0 bridgehead atoms. The lowest BCUT2D eigenvalue weighted by Crippen LogP contribution is -2.63. The number of urea groups is 1. The Morgan fingerprint density at radius 2 is 1.93 bits per heavy atom. The summed E-state index contributed by atoms with van der Waals surface area (Å²) in [4.78, 5) is 44.4. The van der Waals surface area contributed by atoms with Crippen molar-refractivity contribution in [2.75, 3.05) is 20.1 Å². The zero-order valence-corrected chi connectivity index (χ0v) is 17.1. The highest BCUT2D eigenvalue weighted by Crippen LogP contribution is 2.21. The fraction of sp³-hybridized carbons (Fsp3) is 0.579. The minimum absolute atomic E-state index is 0.233.